The summed E-state index contributed by atoms with van der Waals surface area (Å²) in [7, 11) is 6.63. The van der Waals surface area contributed by atoms with E-state index in [1.54, 1.807) is 59.9 Å². The van der Waals surface area contributed by atoms with Gasteiger partial charge in [-0.05, 0) is 65.3 Å². The standard InChI is InChI=1S/C28H36N4O8/c1-27(2,3)40-30-11-13-10-16(31(4)5)14-8-12-9-15-20(32(6)7)23(35)19(26(29)38)25(37)28(15,39)24(36)17(12)22(34)18(14)21(13)33/h10-12,15,17,19-20,33,39H,8-9H2,1-7H3,(H2,29,38)/b30-11-. The van der Waals surface area contributed by atoms with Crippen LogP contribution in [0.1, 0.15) is 48.7 Å². The number of primary amides is 1. The van der Waals surface area contributed by atoms with Crippen LogP contribution in [0.4, 0.5) is 5.69 Å². The lowest BCUT2D eigenvalue weighted by atomic mass is 9.52. The molecule has 12 nitrogen and oxygen atoms in total. The third kappa shape index (κ3) is 4.39. The summed E-state index contributed by atoms with van der Waals surface area (Å²) in [6, 6.07) is 0.510. The molecule has 12 heteroatoms. The van der Waals surface area contributed by atoms with Gasteiger partial charge < -0.3 is 25.7 Å². The van der Waals surface area contributed by atoms with E-state index in [9.17, 15) is 34.2 Å². The Balaban J connectivity index is 1.86. The van der Waals surface area contributed by atoms with Crippen LogP contribution < -0.4 is 10.6 Å². The highest BCUT2D eigenvalue weighted by molar-refractivity contribution is 6.32. The average molecular weight is 557 g/mol. The smallest absolute Gasteiger partial charge is 0.235 e. The number of hydrogen-bond acceptors (Lipinski definition) is 11. The molecule has 1 aromatic carbocycles. The molecule has 4 rings (SSSR count). The molecule has 40 heavy (non-hydrogen) atoms. The molecule has 4 N–H and O–H groups in total. The molecule has 0 spiro atoms. The summed E-state index contributed by atoms with van der Waals surface area (Å²) < 4.78 is 0. The molecule has 1 amide bonds. The highest BCUT2D eigenvalue weighted by Crippen LogP contribution is 2.52. The molecular formula is C28H36N4O8. The SMILES string of the molecule is CN(C)c1cc(/C=N\OC(C)(C)C)c(O)c2c1CC1CC3C(N(C)C)C(=O)C(C(N)=O)C(=O)C3(O)C(=O)C1C2=O. The maximum atomic E-state index is 14.0. The number of anilines is 1. The Labute approximate surface area is 232 Å². The van der Waals surface area contributed by atoms with Crippen LogP contribution in [0.2, 0.25) is 0 Å². The second-order valence-corrected chi connectivity index (χ2v) is 12.3. The minimum Gasteiger partial charge on any atom is -0.506 e. The van der Waals surface area contributed by atoms with E-state index in [1.807, 2.05) is 0 Å². The number of nitrogens with zero attached hydrogens (tertiary/aromatic N) is 3. The Morgan fingerprint density at radius 2 is 1.77 bits per heavy atom. The molecule has 0 saturated heterocycles. The van der Waals surface area contributed by atoms with Gasteiger partial charge in [0.05, 0.1) is 23.7 Å². The molecule has 0 bridgehead atoms. The number of nitrogens with two attached hydrogens (primary N) is 1. The van der Waals surface area contributed by atoms with Gasteiger partial charge in [0.1, 0.15) is 11.4 Å². The van der Waals surface area contributed by atoms with Crippen LogP contribution in [0.5, 0.6) is 5.75 Å². The Morgan fingerprint density at radius 1 is 1.15 bits per heavy atom. The molecule has 3 aliphatic rings. The van der Waals surface area contributed by atoms with Crippen LogP contribution in [0, 0.1) is 23.7 Å². The quantitative estimate of drug-likeness (QED) is 0.255. The zero-order valence-corrected chi connectivity index (χ0v) is 23.7. The lowest BCUT2D eigenvalue weighted by Gasteiger charge is -2.52. The predicted molar refractivity (Wildman–Crippen MR) is 144 cm³/mol. The Hall–Kier alpha value is -3.64. The minimum atomic E-state index is -2.77. The Kier molecular flexibility index (Phi) is 7.17. The van der Waals surface area contributed by atoms with E-state index in [2.05, 4.69) is 5.16 Å². The Bertz CT molecular complexity index is 1340. The lowest BCUT2D eigenvalue weighted by Crippen LogP contribution is -2.74. The summed E-state index contributed by atoms with van der Waals surface area (Å²) in [5, 5.41) is 26.8. The first-order chi connectivity index (χ1) is 18.4. The molecule has 0 heterocycles. The van der Waals surface area contributed by atoms with Crippen LogP contribution in [0.15, 0.2) is 11.2 Å². The molecule has 6 atom stereocenters. The summed E-state index contributed by atoms with van der Waals surface area (Å²) in [5.74, 6) is -10.9. The van der Waals surface area contributed by atoms with E-state index in [4.69, 9.17) is 10.6 Å². The normalized spacial score (nSPS) is 30.3. The van der Waals surface area contributed by atoms with Crippen molar-refractivity contribution < 1.29 is 39.0 Å². The van der Waals surface area contributed by atoms with Gasteiger partial charge in [0.15, 0.2) is 34.7 Å². The zero-order chi connectivity index (χ0) is 30.1. The number of benzene rings is 1. The van der Waals surface area contributed by atoms with Crippen molar-refractivity contribution in [2.45, 2.75) is 50.9 Å². The lowest BCUT2D eigenvalue weighted by molar-refractivity contribution is -0.181. The summed E-state index contributed by atoms with van der Waals surface area (Å²) >= 11 is 0. The fourth-order valence-electron chi connectivity index (χ4n) is 6.41. The van der Waals surface area contributed by atoms with Gasteiger partial charge in [-0.1, -0.05) is 5.16 Å². The number of ketones is 4. The van der Waals surface area contributed by atoms with Gasteiger partial charge in [-0.3, -0.25) is 28.9 Å². The first-order valence-electron chi connectivity index (χ1n) is 13.1. The van der Waals surface area contributed by atoms with E-state index < -0.39 is 75.7 Å². The number of fused-ring (bicyclic) bond motifs is 3. The molecule has 3 aliphatic carbocycles. The minimum absolute atomic E-state index is 0.0137. The van der Waals surface area contributed by atoms with Crippen molar-refractivity contribution in [3.05, 3.63) is 22.8 Å². The highest BCUT2D eigenvalue weighted by atomic mass is 16.6. The van der Waals surface area contributed by atoms with Crippen LogP contribution in [0.3, 0.4) is 0 Å². The van der Waals surface area contributed by atoms with Crippen LogP contribution in [-0.2, 0) is 30.4 Å². The van der Waals surface area contributed by atoms with Crippen molar-refractivity contribution in [3.63, 3.8) is 0 Å². The summed E-state index contributed by atoms with van der Waals surface area (Å²) in [6.45, 7) is 5.38. The fourth-order valence-corrected chi connectivity index (χ4v) is 6.41. The number of carbonyl (C=O) groups is 5. The molecule has 2 fully saturated rings. The van der Waals surface area contributed by atoms with Gasteiger partial charge in [-0.15, -0.1) is 0 Å². The van der Waals surface area contributed by atoms with Gasteiger partial charge in [-0.2, -0.15) is 0 Å². The van der Waals surface area contributed by atoms with Crippen molar-refractivity contribution in [2.24, 2.45) is 34.6 Å². The Morgan fingerprint density at radius 3 is 2.30 bits per heavy atom. The number of phenolic OH excluding ortho intramolecular Hbond substituents is 1. The number of amides is 1. The number of likely N-dealkylation sites (N-methyl/N-ethyl adjacent to an activating group) is 1. The van der Waals surface area contributed by atoms with Crippen LogP contribution >= 0.6 is 0 Å². The highest BCUT2D eigenvalue weighted by Gasteiger charge is 2.69. The van der Waals surface area contributed by atoms with Crippen molar-refractivity contribution in [3.8, 4) is 5.75 Å². The second kappa shape index (κ2) is 9.77. The number of aromatic hydroxyl groups is 1. The fraction of sp³-hybridized carbons (Fsp3) is 0.571. The first kappa shape index (κ1) is 29.3. The van der Waals surface area contributed by atoms with E-state index in [0.717, 1.165) is 0 Å². The molecule has 0 aromatic heterocycles. The number of oxime groups is 1. The topological polar surface area (TPSA) is 180 Å². The van der Waals surface area contributed by atoms with Crippen molar-refractivity contribution >= 4 is 40.9 Å². The van der Waals surface area contributed by atoms with Gasteiger partial charge in [0.2, 0.25) is 5.91 Å². The molecule has 1 aromatic rings. The molecule has 0 radical (unpaired) electrons. The first-order valence-corrected chi connectivity index (χ1v) is 13.1. The van der Waals surface area contributed by atoms with Gasteiger partial charge in [0.25, 0.3) is 0 Å². The predicted octanol–water partition coefficient (Wildman–Crippen LogP) is 0.0820. The number of carbonyl (C=O) groups excluding carboxylic acids is 5. The van der Waals surface area contributed by atoms with Crippen LogP contribution in [0.25, 0.3) is 0 Å². The molecule has 2 saturated carbocycles. The second-order valence-electron chi connectivity index (χ2n) is 12.3. The van der Waals surface area contributed by atoms with Crippen molar-refractivity contribution in [1.29, 1.82) is 0 Å². The van der Waals surface area contributed by atoms with Crippen molar-refractivity contribution in [1.82, 2.24) is 4.90 Å². The summed E-state index contributed by atoms with van der Waals surface area (Å²) in [5.41, 5.74) is 3.18. The monoisotopic (exact) mass is 556 g/mol. The molecular weight excluding hydrogens is 520 g/mol. The van der Waals surface area contributed by atoms with Crippen LogP contribution in [-0.4, -0.2) is 95.8 Å². The zero-order valence-electron chi connectivity index (χ0n) is 23.7. The van der Waals surface area contributed by atoms with Gasteiger partial charge in [0, 0.05) is 31.3 Å². The van der Waals surface area contributed by atoms with Gasteiger partial charge in [-0.25, -0.2) is 0 Å². The number of phenols is 1. The maximum absolute atomic E-state index is 14.0. The van der Waals surface area contributed by atoms with Gasteiger partial charge >= 0.3 is 0 Å². The van der Waals surface area contributed by atoms with E-state index in [1.165, 1.54) is 11.1 Å². The number of rotatable bonds is 5. The number of Topliss-reactive ketones (excluding diaryl/α,β-unsaturated/α-hetero) is 4. The summed E-state index contributed by atoms with van der Waals surface area (Å²) in [4.78, 5) is 75.3. The largest absolute Gasteiger partial charge is 0.506 e. The number of hydrogen-bond donors (Lipinski definition) is 3. The van der Waals surface area contributed by atoms with E-state index >= 15 is 0 Å². The van der Waals surface area contributed by atoms with E-state index in [0.29, 0.717) is 11.3 Å². The van der Waals surface area contributed by atoms with Crippen molar-refractivity contribution in [2.75, 3.05) is 33.1 Å². The summed E-state index contributed by atoms with van der Waals surface area (Å²) in [6.07, 6.45) is 1.43. The molecule has 216 valence electrons. The third-order valence-corrected chi connectivity index (χ3v) is 8.07. The third-order valence-electron chi connectivity index (χ3n) is 8.07. The number of aliphatic hydroxyl groups is 1. The maximum Gasteiger partial charge on any atom is 0.235 e. The molecule has 6 unspecified atom stereocenters. The average Bonchev–Trinajstić information content (AvgIpc) is 2.81. The van der Waals surface area contributed by atoms with E-state index in [-0.39, 0.29) is 24.0 Å². The molecule has 0 aliphatic heterocycles.